The Morgan fingerprint density at radius 1 is 1.19 bits per heavy atom. The first-order valence-electron chi connectivity index (χ1n) is 6.36. The molecule has 0 fully saturated rings. The maximum atomic E-state index is 9.36. The number of pyridine rings is 1. The van der Waals surface area contributed by atoms with Crippen LogP contribution >= 0.6 is 23.2 Å². The highest BCUT2D eigenvalue weighted by Crippen LogP contribution is 2.26. The van der Waals surface area contributed by atoms with Crippen molar-refractivity contribution in [3.63, 3.8) is 0 Å². The van der Waals surface area contributed by atoms with E-state index >= 15 is 0 Å². The molecular weight excluding hydrogens is 305 g/mol. The molecule has 0 radical (unpaired) electrons. The molecule has 2 aromatic heterocycles. The summed E-state index contributed by atoms with van der Waals surface area (Å²) >= 11 is 12.1. The molecule has 3 aromatic rings. The molecule has 1 aromatic carbocycles. The Balaban J connectivity index is 1.92. The van der Waals surface area contributed by atoms with Crippen LogP contribution in [-0.2, 0) is 6.54 Å². The lowest BCUT2D eigenvalue weighted by Gasteiger charge is -2.08. The van der Waals surface area contributed by atoms with Crippen molar-refractivity contribution in [3.8, 4) is 6.07 Å². The summed E-state index contributed by atoms with van der Waals surface area (Å²) in [6, 6.07) is 13.3. The van der Waals surface area contributed by atoms with Gasteiger partial charge < -0.3 is 9.72 Å². The Hall–Kier alpha value is -2.15. The van der Waals surface area contributed by atoms with Gasteiger partial charge in [-0.25, -0.2) is 0 Å². The van der Waals surface area contributed by atoms with E-state index in [0.29, 0.717) is 22.2 Å². The van der Waals surface area contributed by atoms with Crippen LogP contribution < -0.4 is 5.32 Å². The summed E-state index contributed by atoms with van der Waals surface area (Å²) in [5.74, 6) is 0. The number of anilines is 1. The fourth-order valence-corrected chi connectivity index (χ4v) is 2.62. The second kappa shape index (κ2) is 5.69. The van der Waals surface area contributed by atoms with Gasteiger partial charge in [0.15, 0.2) is 0 Å². The first kappa shape index (κ1) is 13.8. The standard InChI is InChI=1S/C16H11Cl2N3/c17-12-4-5-14(18)15(7-12)20-9-11-10-21-6-2-1-3-16(21)13(11)8-19/h1-7,10,20H,9H2. The van der Waals surface area contributed by atoms with Gasteiger partial charge in [-0.2, -0.15) is 5.26 Å². The number of fused-ring (bicyclic) bond motifs is 1. The number of aromatic nitrogens is 1. The second-order valence-corrected chi connectivity index (χ2v) is 5.46. The van der Waals surface area contributed by atoms with E-state index in [1.54, 1.807) is 18.2 Å². The predicted molar refractivity (Wildman–Crippen MR) is 85.9 cm³/mol. The smallest absolute Gasteiger partial charge is 0.102 e. The summed E-state index contributed by atoms with van der Waals surface area (Å²) in [6.45, 7) is 0.505. The Bertz CT molecular complexity index is 846. The zero-order chi connectivity index (χ0) is 14.8. The molecule has 5 heteroatoms. The quantitative estimate of drug-likeness (QED) is 0.759. The van der Waals surface area contributed by atoms with Crippen LogP contribution in [0.25, 0.3) is 5.52 Å². The molecule has 0 aliphatic heterocycles. The number of halogens is 2. The van der Waals surface area contributed by atoms with Crippen LogP contribution in [0.15, 0.2) is 48.8 Å². The van der Waals surface area contributed by atoms with E-state index in [1.807, 2.05) is 35.0 Å². The molecule has 0 aliphatic carbocycles. The first-order chi connectivity index (χ1) is 10.2. The largest absolute Gasteiger partial charge is 0.380 e. The molecule has 0 saturated carbocycles. The number of nitriles is 1. The molecule has 0 bridgehead atoms. The molecule has 21 heavy (non-hydrogen) atoms. The summed E-state index contributed by atoms with van der Waals surface area (Å²) in [5, 5.41) is 13.8. The number of rotatable bonds is 3. The maximum absolute atomic E-state index is 9.36. The fourth-order valence-electron chi connectivity index (χ4n) is 2.26. The number of hydrogen-bond acceptors (Lipinski definition) is 2. The Morgan fingerprint density at radius 3 is 2.86 bits per heavy atom. The van der Waals surface area contributed by atoms with Crippen LogP contribution in [0.1, 0.15) is 11.1 Å². The molecule has 3 nitrogen and oxygen atoms in total. The Kier molecular flexibility index (Phi) is 3.74. The third-order valence-electron chi connectivity index (χ3n) is 3.27. The van der Waals surface area contributed by atoms with Gasteiger partial charge in [0.25, 0.3) is 0 Å². The lowest BCUT2D eigenvalue weighted by atomic mass is 10.1. The van der Waals surface area contributed by atoms with E-state index in [-0.39, 0.29) is 0 Å². The lowest BCUT2D eigenvalue weighted by Crippen LogP contribution is -2.00. The van der Waals surface area contributed by atoms with Crippen LogP contribution in [0.4, 0.5) is 5.69 Å². The van der Waals surface area contributed by atoms with Crippen LogP contribution in [0.5, 0.6) is 0 Å². The normalized spacial score (nSPS) is 10.5. The van der Waals surface area contributed by atoms with E-state index < -0.39 is 0 Å². The summed E-state index contributed by atoms with van der Waals surface area (Å²) in [4.78, 5) is 0. The van der Waals surface area contributed by atoms with E-state index in [1.165, 1.54) is 0 Å². The molecule has 1 N–H and O–H groups in total. The topological polar surface area (TPSA) is 40.2 Å². The number of benzene rings is 1. The van der Waals surface area contributed by atoms with E-state index in [4.69, 9.17) is 23.2 Å². The molecule has 0 atom stereocenters. The van der Waals surface area contributed by atoms with E-state index in [2.05, 4.69) is 11.4 Å². The van der Waals surface area contributed by atoms with E-state index in [9.17, 15) is 5.26 Å². The maximum Gasteiger partial charge on any atom is 0.102 e. The predicted octanol–water partition coefficient (Wildman–Crippen LogP) is 4.73. The Morgan fingerprint density at radius 2 is 2.05 bits per heavy atom. The number of nitrogens with one attached hydrogen (secondary N) is 1. The average molecular weight is 316 g/mol. The summed E-state index contributed by atoms with van der Waals surface area (Å²) in [6.07, 6.45) is 3.87. The third-order valence-corrected chi connectivity index (χ3v) is 3.84. The third kappa shape index (κ3) is 2.69. The summed E-state index contributed by atoms with van der Waals surface area (Å²) in [7, 11) is 0. The highest BCUT2D eigenvalue weighted by Gasteiger charge is 2.10. The molecule has 0 aliphatic rings. The summed E-state index contributed by atoms with van der Waals surface area (Å²) < 4.78 is 1.94. The van der Waals surface area contributed by atoms with Crippen molar-refractivity contribution in [1.82, 2.24) is 4.40 Å². The van der Waals surface area contributed by atoms with Gasteiger partial charge in [-0.3, -0.25) is 0 Å². The highest BCUT2D eigenvalue weighted by molar-refractivity contribution is 6.35. The van der Waals surface area contributed by atoms with Crippen LogP contribution in [0, 0.1) is 11.3 Å². The number of hydrogen-bond donors (Lipinski definition) is 1. The molecule has 3 rings (SSSR count). The van der Waals surface area contributed by atoms with Crippen molar-refractivity contribution >= 4 is 34.4 Å². The van der Waals surface area contributed by atoms with Crippen molar-refractivity contribution in [3.05, 3.63) is 70.0 Å². The van der Waals surface area contributed by atoms with Crippen molar-refractivity contribution in [2.45, 2.75) is 6.54 Å². The van der Waals surface area contributed by atoms with Gasteiger partial charge in [0, 0.05) is 29.5 Å². The van der Waals surface area contributed by atoms with Crippen LogP contribution in [0.3, 0.4) is 0 Å². The highest BCUT2D eigenvalue weighted by atomic mass is 35.5. The van der Waals surface area contributed by atoms with Crippen molar-refractivity contribution in [1.29, 1.82) is 5.26 Å². The van der Waals surface area contributed by atoms with Gasteiger partial charge >= 0.3 is 0 Å². The van der Waals surface area contributed by atoms with Gasteiger partial charge in [0.2, 0.25) is 0 Å². The Labute approximate surface area is 132 Å². The fraction of sp³-hybridized carbons (Fsp3) is 0.0625. The van der Waals surface area contributed by atoms with Gasteiger partial charge in [0.05, 0.1) is 21.8 Å². The molecular formula is C16H11Cl2N3. The first-order valence-corrected chi connectivity index (χ1v) is 7.12. The van der Waals surface area contributed by atoms with Crippen molar-refractivity contribution in [2.24, 2.45) is 0 Å². The lowest BCUT2D eigenvalue weighted by molar-refractivity contribution is 1.12. The molecule has 104 valence electrons. The minimum atomic E-state index is 0.505. The SMILES string of the molecule is N#Cc1c(CNc2cc(Cl)ccc2Cl)cn2ccccc12. The van der Waals surface area contributed by atoms with Gasteiger partial charge in [-0.1, -0.05) is 29.3 Å². The summed E-state index contributed by atoms with van der Waals surface area (Å²) in [5.41, 5.74) is 3.23. The monoisotopic (exact) mass is 315 g/mol. The average Bonchev–Trinajstić information content (AvgIpc) is 2.85. The minimum Gasteiger partial charge on any atom is -0.380 e. The molecule has 2 heterocycles. The van der Waals surface area contributed by atoms with Crippen LogP contribution in [-0.4, -0.2) is 4.40 Å². The molecule has 0 saturated heterocycles. The van der Waals surface area contributed by atoms with Crippen LogP contribution in [0.2, 0.25) is 10.0 Å². The molecule has 0 amide bonds. The number of nitrogens with zero attached hydrogens (tertiary/aromatic N) is 2. The van der Waals surface area contributed by atoms with E-state index in [0.717, 1.165) is 16.8 Å². The van der Waals surface area contributed by atoms with Crippen molar-refractivity contribution < 1.29 is 0 Å². The molecule has 0 unspecified atom stereocenters. The zero-order valence-electron chi connectivity index (χ0n) is 11.0. The van der Waals surface area contributed by atoms with Gasteiger partial charge in [-0.05, 0) is 30.3 Å². The molecule has 0 spiro atoms. The van der Waals surface area contributed by atoms with Gasteiger partial charge in [-0.15, -0.1) is 0 Å². The minimum absolute atomic E-state index is 0.505. The zero-order valence-corrected chi connectivity index (χ0v) is 12.5. The second-order valence-electron chi connectivity index (χ2n) is 4.61. The van der Waals surface area contributed by atoms with Gasteiger partial charge in [0.1, 0.15) is 6.07 Å². The van der Waals surface area contributed by atoms with Crippen molar-refractivity contribution in [2.75, 3.05) is 5.32 Å².